The summed E-state index contributed by atoms with van der Waals surface area (Å²) in [5.41, 5.74) is 1.16. The minimum atomic E-state index is -0.226. The Morgan fingerprint density at radius 1 is 1.05 bits per heavy atom. The molecule has 22 heavy (non-hydrogen) atoms. The first-order chi connectivity index (χ1) is 9.96. The maximum absolute atomic E-state index is 11.9. The van der Waals surface area contributed by atoms with Crippen LogP contribution in [0.1, 0.15) is 78.9 Å². The lowest BCUT2D eigenvalue weighted by atomic mass is 9.79. The van der Waals surface area contributed by atoms with Gasteiger partial charge in [-0.25, -0.2) is 0 Å². The smallest absolute Gasteiger partial charge is 0.311 e. The number of hydrogen-bond acceptors (Lipinski definition) is 3. The molecule has 0 aliphatic heterocycles. The van der Waals surface area contributed by atoms with Gasteiger partial charge in [-0.3, -0.25) is 4.79 Å². The van der Waals surface area contributed by atoms with Crippen LogP contribution in [-0.2, 0) is 15.6 Å². The first kappa shape index (κ1) is 18.5. The summed E-state index contributed by atoms with van der Waals surface area (Å²) in [6.07, 6.45) is 2.22. The van der Waals surface area contributed by atoms with Gasteiger partial charge in [0.05, 0.1) is 0 Å². The molecule has 0 saturated heterocycles. The van der Waals surface area contributed by atoms with Crippen LogP contribution in [0.15, 0.2) is 12.1 Å². The van der Waals surface area contributed by atoms with Gasteiger partial charge in [-0.05, 0) is 29.4 Å². The summed E-state index contributed by atoms with van der Waals surface area (Å²) in [4.78, 5) is 11.9. The molecule has 0 saturated carbocycles. The molecule has 0 amide bonds. The van der Waals surface area contributed by atoms with E-state index in [1.54, 1.807) is 12.1 Å². The Labute approximate surface area is 134 Å². The first-order valence-electron chi connectivity index (χ1n) is 8.05. The quantitative estimate of drug-likeness (QED) is 0.623. The van der Waals surface area contributed by atoms with E-state index in [4.69, 9.17) is 4.74 Å². The van der Waals surface area contributed by atoms with Crippen LogP contribution in [0, 0.1) is 0 Å². The molecule has 0 fully saturated rings. The molecule has 1 N–H and O–H groups in total. The molecule has 0 radical (unpaired) electrons. The molecule has 0 atom stereocenters. The zero-order valence-electron chi connectivity index (χ0n) is 15.0. The number of rotatable bonds is 4. The molecule has 0 heterocycles. The minimum Gasteiger partial charge on any atom is -0.507 e. The second kappa shape index (κ2) is 6.72. The van der Waals surface area contributed by atoms with Gasteiger partial charge < -0.3 is 9.84 Å². The molecular formula is C19H30O3. The zero-order valence-corrected chi connectivity index (χ0v) is 15.0. The van der Waals surface area contributed by atoms with Gasteiger partial charge in [0, 0.05) is 17.5 Å². The minimum absolute atomic E-state index is 0.216. The van der Waals surface area contributed by atoms with Crippen molar-refractivity contribution < 1.29 is 14.6 Å². The lowest BCUT2D eigenvalue weighted by Gasteiger charge is -2.27. The van der Waals surface area contributed by atoms with Gasteiger partial charge >= 0.3 is 5.97 Å². The van der Waals surface area contributed by atoms with Gasteiger partial charge in [0.1, 0.15) is 11.5 Å². The van der Waals surface area contributed by atoms with Crippen LogP contribution >= 0.6 is 0 Å². The first-order valence-corrected chi connectivity index (χ1v) is 8.05. The van der Waals surface area contributed by atoms with Crippen molar-refractivity contribution in [2.45, 2.75) is 78.6 Å². The van der Waals surface area contributed by atoms with E-state index in [1.165, 1.54) is 0 Å². The summed E-state index contributed by atoms with van der Waals surface area (Å²) in [7, 11) is 0. The number of benzene rings is 1. The average Bonchev–Trinajstić information content (AvgIpc) is 2.35. The van der Waals surface area contributed by atoms with Gasteiger partial charge in [-0.1, -0.05) is 54.9 Å². The summed E-state index contributed by atoms with van der Waals surface area (Å²) in [5.74, 6) is 0.606. The van der Waals surface area contributed by atoms with E-state index in [-0.39, 0.29) is 16.8 Å². The molecule has 1 aromatic rings. The molecule has 0 bridgehead atoms. The summed E-state index contributed by atoms with van der Waals surface area (Å²) in [6.45, 7) is 14.3. The van der Waals surface area contributed by atoms with Crippen LogP contribution < -0.4 is 4.74 Å². The summed E-state index contributed by atoms with van der Waals surface area (Å²) >= 11 is 0. The second-order valence-corrected chi connectivity index (χ2v) is 7.94. The van der Waals surface area contributed by atoms with Crippen molar-refractivity contribution in [3.8, 4) is 11.5 Å². The maximum atomic E-state index is 11.9. The van der Waals surface area contributed by atoms with Gasteiger partial charge in [0.15, 0.2) is 0 Å². The fourth-order valence-corrected chi connectivity index (χ4v) is 2.31. The van der Waals surface area contributed by atoms with Crippen LogP contribution in [-0.4, -0.2) is 11.1 Å². The maximum Gasteiger partial charge on any atom is 0.311 e. The Morgan fingerprint density at radius 3 is 1.86 bits per heavy atom. The Morgan fingerprint density at radius 2 is 1.50 bits per heavy atom. The van der Waals surface area contributed by atoms with Gasteiger partial charge in [0.2, 0.25) is 0 Å². The SMILES string of the molecule is CCCCC(=O)Oc1cc(C(C)(C)C)c(O)c(C(C)(C)C)c1. The standard InChI is InChI=1S/C19H30O3/c1-8-9-10-16(20)22-13-11-14(18(2,3)4)17(21)15(12-13)19(5,6)7/h11-12,21H,8-10H2,1-7H3. The van der Waals surface area contributed by atoms with Crippen molar-refractivity contribution in [1.29, 1.82) is 0 Å². The van der Waals surface area contributed by atoms with E-state index in [0.29, 0.717) is 17.9 Å². The molecule has 124 valence electrons. The highest BCUT2D eigenvalue weighted by atomic mass is 16.5. The van der Waals surface area contributed by atoms with E-state index >= 15 is 0 Å². The highest BCUT2D eigenvalue weighted by Gasteiger charge is 2.27. The molecule has 0 aliphatic rings. The molecule has 3 nitrogen and oxygen atoms in total. The predicted octanol–water partition coefficient (Wildman–Crippen LogP) is 5.08. The molecule has 0 spiro atoms. The zero-order chi connectivity index (χ0) is 17.1. The van der Waals surface area contributed by atoms with E-state index in [2.05, 4.69) is 0 Å². The third-order valence-corrected chi connectivity index (χ3v) is 3.67. The number of phenols is 1. The largest absolute Gasteiger partial charge is 0.507 e. The predicted molar refractivity (Wildman–Crippen MR) is 90.7 cm³/mol. The summed E-state index contributed by atoms with van der Waals surface area (Å²) in [5, 5.41) is 10.6. The monoisotopic (exact) mass is 306 g/mol. The van der Waals surface area contributed by atoms with Crippen molar-refractivity contribution in [2.24, 2.45) is 0 Å². The van der Waals surface area contributed by atoms with Crippen molar-refractivity contribution in [1.82, 2.24) is 0 Å². The van der Waals surface area contributed by atoms with Crippen molar-refractivity contribution >= 4 is 5.97 Å². The number of carbonyl (C=O) groups excluding carboxylic acids is 1. The molecule has 3 heteroatoms. The molecule has 0 aliphatic carbocycles. The fourth-order valence-electron chi connectivity index (χ4n) is 2.31. The third-order valence-electron chi connectivity index (χ3n) is 3.67. The highest BCUT2D eigenvalue weighted by Crippen LogP contribution is 2.41. The molecule has 1 rings (SSSR count). The Kier molecular flexibility index (Phi) is 5.66. The van der Waals surface area contributed by atoms with Gasteiger partial charge in [-0.2, -0.15) is 0 Å². The van der Waals surface area contributed by atoms with E-state index < -0.39 is 0 Å². The van der Waals surface area contributed by atoms with Crippen LogP contribution in [0.4, 0.5) is 0 Å². The number of esters is 1. The van der Waals surface area contributed by atoms with E-state index in [9.17, 15) is 9.90 Å². The van der Waals surface area contributed by atoms with E-state index in [1.807, 2.05) is 48.5 Å². The summed E-state index contributed by atoms with van der Waals surface area (Å²) < 4.78 is 5.49. The van der Waals surface area contributed by atoms with Crippen LogP contribution in [0.5, 0.6) is 11.5 Å². The summed E-state index contributed by atoms with van der Waals surface area (Å²) in [6, 6.07) is 3.57. The normalized spacial score (nSPS) is 12.3. The van der Waals surface area contributed by atoms with Crippen LogP contribution in [0.25, 0.3) is 0 Å². The fraction of sp³-hybridized carbons (Fsp3) is 0.632. The van der Waals surface area contributed by atoms with Gasteiger partial charge in [-0.15, -0.1) is 0 Å². The topological polar surface area (TPSA) is 46.5 Å². The molecule has 1 aromatic carbocycles. The number of aromatic hydroxyl groups is 1. The van der Waals surface area contributed by atoms with Crippen molar-refractivity contribution in [3.05, 3.63) is 23.3 Å². The molecule has 0 aromatic heterocycles. The Balaban J connectivity index is 3.27. The Bertz CT molecular complexity index is 496. The van der Waals surface area contributed by atoms with E-state index in [0.717, 1.165) is 24.0 Å². The lowest BCUT2D eigenvalue weighted by molar-refractivity contribution is -0.134. The third kappa shape index (κ3) is 4.75. The van der Waals surface area contributed by atoms with Crippen molar-refractivity contribution in [3.63, 3.8) is 0 Å². The number of carbonyl (C=O) groups is 1. The van der Waals surface area contributed by atoms with Gasteiger partial charge in [0.25, 0.3) is 0 Å². The number of hydrogen-bond donors (Lipinski definition) is 1. The number of ether oxygens (including phenoxy) is 1. The lowest BCUT2D eigenvalue weighted by Crippen LogP contribution is -2.18. The van der Waals surface area contributed by atoms with Crippen molar-refractivity contribution in [2.75, 3.05) is 0 Å². The Hall–Kier alpha value is -1.51. The number of unbranched alkanes of at least 4 members (excludes halogenated alkanes) is 1. The average molecular weight is 306 g/mol. The van der Waals surface area contributed by atoms with Crippen LogP contribution in [0.2, 0.25) is 0 Å². The molecular weight excluding hydrogens is 276 g/mol. The second-order valence-electron chi connectivity index (χ2n) is 7.94. The molecule has 0 unspecified atom stereocenters. The highest BCUT2D eigenvalue weighted by molar-refractivity contribution is 5.72. The number of phenolic OH excluding ortho intramolecular Hbond substituents is 1. The van der Waals surface area contributed by atoms with Crippen LogP contribution in [0.3, 0.4) is 0 Å².